The van der Waals surface area contributed by atoms with Gasteiger partial charge in [0.25, 0.3) is 0 Å². The van der Waals surface area contributed by atoms with Gasteiger partial charge in [0.15, 0.2) is 11.5 Å². The van der Waals surface area contributed by atoms with Crippen LogP contribution in [0.25, 0.3) is 16.4 Å². The average molecular weight is 374 g/mol. The minimum atomic E-state index is 0.639. The molecule has 4 rings (SSSR count). The summed E-state index contributed by atoms with van der Waals surface area (Å²) in [7, 11) is 0. The Morgan fingerprint density at radius 3 is 2.79 bits per heavy atom. The van der Waals surface area contributed by atoms with E-state index in [1.165, 1.54) is 12.8 Å². The quantitative estimate of drug-likeness (QED) is 0.283. The molecule has 0 amide bonds. The van der Waals surface area contributed by atoms with Crippen LogP contribution in [0.1, 0.15) is 31.7 Å². The number of unbranched alkanes of at least 4 members (excludes halogenated alkanes) is 2. The van der Waals surface area contributed by atoms with Crippen LogP contribution in [-0.4, -0.2) is 32.6 Å². The van der Waals surface area contributed by atoms with Crippen LogP contribution in [0.4, 0.5) is 5.82 Å². The van der Waals surface area contributed by atoms with E-state index >= 15 is 0 Å². The maximum Gasteiger partial charge on any atom is 0.185 e. The molecule has 4 aromatic rings. The molecule has 0 fully saturated rings. The molecule has 0 saturated carbocycles. The lowest BCUT2D eigenvalue weighted by Crippen LogP contribution is -2.02. The largest absolute Gasteiger partial charge is 0.493 e. The van der Waals surface area contributed by atoms with Crippen molar-refractivity contribution in [3.8, 4) is 5.75 Å². The minimum absolute atomic E-state index is 0.639. The number of benzene rings is 2. The number of para-hydroxylation sites is 1. The standard InChI is InChI=1S/C21H22N6O/c1-2-3-8-13-28-19-12-7-4-9-16(19)14-22-24-20-17-10-5-6-11-18(17)21-25-23-15-27(21)26-20/h4-7,9-12,14-15H,2-3,8,13H2,1H3,(H,24,26). The van der Waals surface area contributed by atoms with Gasteiger partial charge in [-0.15, -0.1) is 15.3 Å². The van der Waals surface area contributed by atoms with Crippen molar-refractivity contribution >= 4 is 28.5 Å². The van der Waals surface area contributed by atoms with E-state index in [1.807, 2.05) is 48.5 Å². The van der Waals surface area contributed by atoms with Crippen LogP contribution in [-0.2, 0) is 0 Å². The highest BCUT2D eigenvalue weighted by Crippen LogP contribution is 2.24. The first-order valence-corrected chi connectivity index (χ1v) is 9.46. The second-order valence-corrected chi connectivity index (χ2v) is 6.46. The summed E-state index contributed by atoms with van der Waals surface area (Å²) in [6.45, 7) is 2.89. The number of anilines is 1. The molecule has 0 atom stereocenters. The van der Waals surface area contributed by atoms with Gasteiger partial charge in [0.1, 0.15) is 12.1 Å². The number of fused-ring (bicyclic) bond motifs is 3. The average Bonchev–Trinajstić information content (AvgIpc) is 3.21. The molecule has 0 unspecified atom stereocenters. The van der Waals surface area contributed by atoms with Crippen molar-refractivity contribution in [2.45, 2.75) is 26.2 Å². The van der Waals surface area contributed by atoms with Gasteiger partial charge in [-0.3, -0.25) is 5.43 Å². The van der Waals surface area contributed by atoms with Gasteiger partial charge in [-0.25, -0.2) is 0 Å². The smallest absolute Gasteiger partial charge is 0.185 e. The van der Waals surface area contributed by atoms with Crippen molar-refractivity contribution in [3.63, 3.8) is 0 Å². The third-order valence-corrected chi connectivity index (χ3v) is 4.46. The van der Waals surface area contributed by atoms with Crippen LogP contribution < -0.4 is 10.2 Å². The lowest BCUT2D eigenvalue weighted by molar-refractivity contribution is 0.306. The Kier molecular flexibility index (Phi) is 5.42. The maximum atomic E-state index is 5.90. The first-order valence-electron chi connectivity index (χ1n) is 9.46. The van der Waals surface area contributed by atoms with Gasteiger partial charge in [-0.1, -0.05) is 56.2 Å². The molecule has 0 aliphatic heterocycles. The van der Waals surface area contributed by atoms with Crippen molar-refractivity contribution in [2.75, 3.05) is 12.0 Å². The predicted molar refractivity (Wildman–Crippen MR) is 111 cm³/mol. The van der Waals surface area contributed by atoms with Crippen molar-refractivity contribution in [3.05, 3.63) is 60.4 Å². The monoisotopic (exact) mass is 374 g/mol. The summed E-state index contributed by atoms with van der Waals surface area (Å²) >= 11 is 0. The van der Waals surface area contributed by atoms with Gasteiger partial charge >= 0.3 is 0 Å². The van der Waals surface area contributed by atoms with Gasteiger partial charge < -0.3 is 4.74 Å². The first kappa shape index (κ1) is 17.9. The van der Waals surface area contributed by atoms with Crippen molar-refractivity contribution in [1.29, 1.82) is 0 Å². The molecule has 0 radical (unpaired) electrons. The highest BCUT2D eigenvalue weighted by molar-refractivity contribution is 6.00. The molecule has 0 saturated heterocycles. The van der Waals surface area contributed by atoms with E-state index in [0.717, 1.165) is 34.2 Å². The summed E-state index contributed by atoms with van der Waals surface area (Å²) in [5.41, 5.74) is 4.68. The highest BCUT2D eigenvalue weighted by Gasteiger charge is 2.09. The van der Waals surface area contributed by atoms with E-state index in [9.17, 15) is 0 Å². The molecule has 0 bridgehead atoms. The lowest BCUT2D eigenvalue weighted by Gasteiger charge is -2.09. The molecular formula is C21H22N6O. The maximum absolute atomic E-state index is 5.90. The van der Waals surface area contributed by atoms with E-state index in [-0.39, 0.29) is 0 Å². The number of rotatable bonds is 8. The number of hydrogen-bond donors (Lipinski definition) is 1. The van der Waals surface area contributed by atoms with Gasteiger partial charge in [-0.2, -0.15) is 9.62 Å². The number of aromatic nitrogens is 4. The number of nitrogens with zero attached hydrogens (tertiary/aromatic N) is 5. The van der Waals surface area contributed by atoms with Crippen LogP contribution in [0.3, 0.4) is 0 Å². The number of nitrogens with one attached hydrogen (secondary N) is 1. The SMILES string of the molecule is CCCCCOc1ccccc1C=NNc1nn2cnnc2c2ccccc12. The summed E-state index contributed by atoms with van der Waals surface area (Å²) in [6.07, 6.45) is 6.73. The third-order valence-electron chi connectivity index (χ3n) is 4.46. The zero-order valence-electron chi connectivity index (χ0n) is 15.7. The van der Waals surface area contributed by atoms with E-state index < -0.39 is 0 Å². The highest BCUT2D eigenvalue weighted by atomic mass is 16.5. The van der Waals surface area contributed by atoms with E-state index in [1.54, 1.807) is 17.1 Å². The number of ether oxygens (including phenoxy) is 1. The first-order chi connectivity index (χ1) is 13.9. The third kappa shape index (κ3) is 3.78. The summed E-state index contributed by atoms with van der Waals surface area (Å²) in [5, 5.41) is 18.9. The topological polar surface area (TPSA) is 76.7 Å². The van der Waals surface area contributed by atoms with Crippen LogP contribution >= 0.6 is 0 Å². The second-order valence-electron chi connectivity index (χ2n) is 6.46. The Balaban J connectivity index is 1.55. The summed E-state index contributed by atoms with van der Waals surface area (Å²) in [5.74, 6) is 1.47. The van der Waals surface area contributed by atoms with E-state index in [0.29, 0.717) is 12.4 Å². The Morgan fingerprint density at radius 1 is 1.07 bits per heavy atom. The van der Waals surface area contributed by atoms with Gasteiger partial charge in [0.05, 0.1) is 12.8 Å². The fraction of sp³-hybridized carbons (Fsp3) is 0.238. The molecule has 2 heterocycles. The molecule has 142 valence electrons. The van der Waals surface area contributed by atoms with Gasteiger partial charge in [-0.05, 0) is 18.6 Å². The Hall–Kier alpha value is -3.48. The number of hydrazone groups is 1. The molecule has 7 heteroatoms. The zero-order chi connectivity index (χ0) is 19.2. The minimum Gasteiger partial charge on any atom is -0.493 e. The van der Waals surface area contributed by atoms with E-state index in [4.69, 9.17) is 4.74 Å². The fourth-order valence-electron chi connectivity index (χ4n) is 3.02. The number of hydrogen-bond acceptors (Lipinski definition) is 6. The summed E-state index contributed by atoms with van der Waals surface area (Å²) in [4.78, 5) is 0. The molecule has 28 heavy (non-hydrogen) atoms. The molecule has 1 N–H and O–H groups in total. The van der Waals surface area contributed by atoms with Gasteiger partial charge in [0, 0.05) is 16.3 Å². The zero-order valence-corrected chi connectivity index (χ0v) is 15.7. The lowest BCUT2D eigenvalue weighted by atomic mass is 10.2. The van der Waals surface area contributed by atoms with Crippen LogP contribution in [0.5, 0.6) is 5.75 Å². The van der Waals surface area contributed by atoms with Crippen molar-refractivity contribution < 1.29 is 4.74 Å². The second kappa shape index (κ2) is 8.47. The molecule has 2 aromatic heterocycles. The van der Waals surface area contributed by atoms with Crippen molar-refractivity contribution in [1.82, 2.24) is 19.8 Å². The summed E-state index contributed by atoms with van der Waals surface area (Å²) < 4.78 is 7.55. The molecule has 0 aliphatic carbocycles. The van der Waals surface area contributed by atoms with E-state index in [2.05, 4.69) is 32.7 Å². The summed E-state index contributed by atoms with van der Waals surface area (Å²) in [6, 6.07) is 15.8. The van der Waals surface area contributed by atoms with Crippen LogP contribution in [0.15, 0.2) is 60.0 Å². The van der Waals surface area contributed by atoms with Crippen molar-refractivity contribution in [2.24, 2.45) is 5.10 Å². The van der Waals surface area contributed by atoms with Crippen LogP contribution in [0, 0.1) is 0 Å². The Morgan fingerprint density at radius 2 is 1.89 bits per heavy atom. The molecular weight excluding hydrogens is 352 g/mol. The molecule has 0 spiro atoms. The van der Waals surface area contributed by atoms with Crippen LogP contribution in [0.2, 0.25) is 0 Å². The molecule has 7 nitrogen and oxygen atoms in total. The Labute approximate surface area is 163 Å². The fourth-order valence-corrected chi connectivity index (χ4v) is 3.02. The predicted octanol–water partition coefficient (Wildman–Crippen LogP) is 4.29. The van der Waals surface area contributed by atoms with Gasteiger partial charge in [0.2, 0.25) is 0 Å². The molecule has 2 aromatic carbocycles. The normalized spacial score (nSPS) is 11.5. The Bertz CT molecular complexity index is 1100. The molecule has 0 aliphatic rings.